The lowest BCUT2D eigenvalue weighted by atomic mass is 9.92. The summed E-state index contributed by atoms with van der Waals surface area (Å²) in [5, 5.41) is 2.89. The molecule has 0 radical (unpaired) electrons. The van der Waals surface area contributed by atoms with Crippen molar-refractivity contribution in [3.05, 3.63) is 18.2 Å². The summed E-state index contributed by atoms with van der Waals surface area (Å²) in [4.78, 5) is 14.0. The second-order valence-electron chi connectivity index (χ2n) is 8.53. The summed E-state index contributed by atoms with van der Waals surface area (Å²) >= 11 is 0. The van der Waals surface area contributed by atoms with Crippen molar-refractivity contribution in [3.63, 3.8) is 0 Å². The number of hydrogen-bond donors (Lipinski definition) is 2. The van der Waals surface area contributed by atoms with E-state index in [0.29, 0.717) is 49.5 Å². The van der Waals surface area contributed by atoms with Crippen molar-refractivity contribution in [2.24, 2.45) is 11.8 Å². The van der Waals surface area contributed by atoms with Crippen LogP contribution in [-0.2, 0) is 14.8 Å². The number of likely N-dealkylation sites (tertiary alicyclic amines) is 1. The molecule has 0 saturated carbocycles. The Morgan fingerprint density at radius 1 is 1.21 bits per heavy atom. The third-order valence-corrected chi connectivity index (χ3v) is 7.62. The number of benzene rings is 1. The molecular formula is C21H34N3O4S+. The number of anilines is 1. The van der Waals surface area contributed by atoms with Gasteiger partial charge in [0.2, 0.25) is 10.0 Å². The van der Waals surface area contributed by atoms with E-state index in [1.54, 1.807) is 12.1 Å². The molecule has 2 heterocycles. The van der Waals surface area contributed by atoms with Crippen molar-refractivity contribution in [1.29, 1.82) is 0 Å². The molecule has 0 aliphatic carbocycles. The van der Waals surface area contributed by atoms with Crippen LogP contribution < -0.4 is 15.0 Å². The van der Waals surface area contributed by atoms with Crippen LogP contribution in [0.1, 0.15) is 40.0 Å². The minimum Gasteiger partial charge on any atom is -0.492 e. The Morgan fingerprint density at radius 3 is 2.48 bits per heavy atom. The molecule has 7 nitrogen and oxygen atoms in total. The monoisotopic (exact) mass is 424 g/mol. The molecule has 2 aliphatic rings. The Bertz CT molecular complexity index is 811. The first-order valence-corrected chi connectivity index (χ1v) is 12.1. The molecular weight excluding hydrogens is 390 g/mol. The van der Waals surface area contributed by atoms with Gasteiger partial charge in [-0.15, -0.1) is 0 Å². The predicted octanol–water partition coefficient (Wildman–Crippen LogP) is 1.37. The van der Waals surface area contributed by atoms with Gasteiger partial charge in [0.25, 0.3) is 5.91 Å². The van der Waals surface area contributed by atoms with E-state index < -0.39 is 10.0 Å². The first kappa shape index (κ1) is 22.1. The summed E-state index contributed by atoms with van der Waals surface area (Å²) in [6.07, 6.45) is 2.95. The van der Waals surface area contributed by atoms with Crippen LogP contribution in [-0.4, -0.2) is 58.0 Å². The number of amides is 1. The minimum absolute atomic E-state index is 0.0880. The molecule has 0 bridgehead atoms. The lowest BCUT2D eigenvalue weighted by molar-refractivity contribution is -0.904. The summed E-state index contributed by atoms with van der Waals surface area (Å²) < 4.78 is 33.2. The van der Waals surface area contributed by atoms with Gasteiger partial charge in [0, 0.05) is 30.6 Å². The molecule has 8 heteroatoms. The first-order valence-electron chi connectivity index (χ1n) is 10.7. The second kappa shape index (κ2) is 9.45. The van der Waals surface area contributed by atoms with Gasteiger partial charge in [0.15, 0.2) is 6.54 Å². The third-order valence-electron chi connectivity index (χ3n) is 5.70. The third kappa shape index (κ3) is 5.49. The maximum atomic E-state index is 13.1. The van der Waals surface area contributed by atoms with Gasteiger partial charge >= 0.3 is 0 Å². The van der Waals surface area contributed by atoms with Gasteiger partial charge in [-0.2, -0.15) is 4.31 Å². The molecule has 2 aliphatic heterocycles. The molecule has 0 spiro atoms. The van der Waals surface area contributed by atoms with E-state index in [1.807, 2.05) is 6.92 Å². The molecule has 3 rings (SSSR count). The maximum absolute atomic E-state index is 13.1. The highest BCUT2D eigenvalue weighted by atomic mass is 32.2. The first-order chi connectivity index (χ1) is 13.8. The number of rotatable bonds is 7. The maximum Gasteiger partial charge on any atom is 0.279 e. The van der Waals surface area contributed by atoms with Gasteiger partial charge in [0.1, 0.15) is 10.6 Å². The lowest BCUT2D eigenvalue weighted by Crippen LogP contribution is -3.15. The van der Waals surface area contributed by atoms with E-state index in [-0.39, 0.29) is 10.8 Å². The standard InChI is InChI=1S/C21H33N3O4S/c1-4-28-19-8-7-18(12-20(19)29(26,27)24-9-5-6-10-24)22-21(25)15-23-13-16(2)11-17(3)14-23/h7-8,12,16-17H,4-6,9-11,13-15H2,1-3H3,(H,22,25)/p+1/t16-,17+. The van der Waals surface area contributed by atoms with Crippen molar-refractivity contribution >= 4 is 21.6 Å². The molecule has 1 amide bonds. The zero-order chi connectivity index (χ0) is 21.0. The molecule has 0 aromatic heterocycles. The van der Waals surface area contributed by atoms with Crippen molar-refractivity contribution in [2.75, 3.05) is 44.6 Å². The van der Waals surface area contributed by atoms with Crippen molar-refractivity contribution in [3.8, 4) is 5.75 Å². The van der Waals surface area contributed by atoms with Crippen LogP contribution in [0, 0.1) is 11.8 Å². The van der Waals surface area contributed by atoms with Crippen LogP contribution in [0.25, 0.3) is 0 Å². The quantitative estimate of drug-likeness (QED) is 0.693. The highest BCUT2D eigenvalue weighted by Crippen LogP contribution is 2.31. The summed E-state index contributed by atoms with van der Waals surface area (Å²) in [5.41, 5.74) is 0.494. The van der Waals surface area contributed by atoms with E-state index in [0.717, 1.165) is 25.9 Å². The zero-order valence-electron chi connectivity index (χ0n) is 17.7. The van der Waals surface area contributed by atoms with E-state index >= 15 is 0 Å². The molecule has 162 valence electrons. The number of carbonyl (C=O) groups excluding carboxylic acids is 1. The molecule has 3 atom stereocenters. The fraction of sp³-hybridized carbons (Fsp3) is 0.667. The summed E-state index contributed by atoms with van der Waals surface area (Å²) in [6, 6.07) is 4.88. The molecule has 2 saturated heterocycles. The van der Waals surface area contributed by atoms with Crippen LogP contribution in [0.3, 0.4) is 0 Å². The number of hydrogen-bond acceptors (Lipinski definition) is 4. The smallest absolute Gasteiger partial charge is 0.279 e. The summed E-state index contributed by atoms with van der Waals surface area (Å²) in [7, 11) is -3.64. The fourth-order valence-electron chi connectivity index (χ4n) is 4.63. The summed E-state index contributed by atoms with van der Waals surface area (Å²) in [6.45, 7) is 10.1. The SMILES string of the molecule is CCOc1ccc(NC(=O)C[NH+]2C[C@H](C)C[C@H](C)C2)cc1S(=O)(=O)N1CCCC1. The molecule has 1 aromatic rings. The molecule has 1 aromatic carbocycles. The van der Waals surface area contributed by atoms with Crippen LogP contribution in [0.4, 0.5) is 5.69 Å². The number of carbonyl (C=O) groups is 1. The number of ether oxygens (including phenoxy) is 1. The Labute approximate surface area is 174 Å². The van der Waals surface area contributed by atoms with Crippen molar-refractivity contribution < 1.29 is 22.8 Å². The number of piperidine rings is 1. The predicted molar refractivity (Wildman–Crippen MR) is 113 cm³/mol. The van der Waals surface area contributed by atoms with E-state index in [2.05, 4.69) is 19.2 Å². The van der Waals surface area contributed by atoms with Crippen molar-refractivity contribution in [2.45, 2.75) is 44.9 Å². The normalized spacial score (nSPS) is 25.7. The molecule has 1 unspecified atom stereocenters. The molecule has 29 heavy (non-hydrogen) atoms. The Kier molecular flexibility index (Phi) is 7.19. The van der Waals surface area contributed by atoms with Crippen molar-refractivity contribution in [1.82, 2.24) is 4.31 Å². The zero-order valence-corrected chi connectivity index (χ0v) is 18.6. The van der Waals surface area contributed by atoms with Gasteiger partial charge in [0.05, 0.1) is 19.7 Å². The van der Waals surface area contributed by atoms with Crippen LogP contribution in [0.2, 0.25) is 0 Å². The van der Waals surface area contributed by atoms with E-state index in [9.17, 15) is 13.2 Å². The second-order valence-corrected chi connectivity index (χ2v) is 10.4. The minimum atomic E-state index is -3.64. The molecule has 2 N–H and O–H groups in total. The summed E-state index contributed by atoms with van der Waals surface area (Å²) in [5.74, 6) is 1.48. The Hall–Kier alpha value is -1.64. The average Bonchev–Trinajstić information content (AvgIpc) is 3.17. The van der Waals surface area contributed by atoms with Crippen LogP contribution in [0.15, 0.2) is 23.1 Å². The van der Waals surface area contributed by atoms with Gasteiger partial charge in [-0.1, -0.05) is 13.8 Å². The lowest BCUT2D eigenvalue weighted by Gasteiger charge is -2.31. The Balaban J connectivity index is 1.75. The number of sulfonamides is 1. The van der Waals surface area contributed by atoms with Gasteiger partial charge in [-0.25, -0.2) is 8.42 Å². The van der Waals surface area contributed by atoms with E-state index in [4.69, 9.17) is 4.74 Å². The highest BCUT2D eigenvalue weighted by molar-refractivity contribution is 7.89. The Morgan fingerprint density at radius 2 is 1.86 bits per heavy atom. The largest absolute Gasteiger partial charge is 0.492 e. The average molecular weight is 425 g/mol. The highest BCUT2D eigenvalue weighted by Gasteiger charge is 2.31. The number of nitrogens with one attached hydrogen (secondary N) is 2. The topological polar surface area (TPSA) is 80.1 Å². The van der Waals surface area contributed by atoms with Crippen LogP contribution in [0.5, 0.6) is 5.75 Å². The number of quaternary nitrogens is 1. The van der Waals surface area contributed by atoms with Crippen LogP contribution >= 0.6 is 0 Å². The van der Waals surface area contributed by atoms with E-state index in [1.165, 1.54) is 21.7 Å². The van der Waals surface area contributed by atoms with Gasteiger partial charge in [-0.3, -0.25) is 4.79 Å². The number of nitrogens with zero attached hydrogens (tertiary/aromatic N) is 1. The molecule has 2 fully saturated rings. The fourth-order valence-corrected chi connectivity index (χ4v) is 6.30. The van der Waals surface area contributed by atoms with Gasteiger partial charge in [-0.05, 0) is 44.4 Å². The van der Waals surface area contributed by atoms with Gasteiger partial charge < -0.3 is 15.0 Å².